The van der Waals surface area contributed by atoms with Gasteiger partial charge in [-0.05, 0) is 35.4 Å². The molecule has 126 valence electrons. The molecule has 1 aromatic carbocycles. The maximum Gasteiger partial charge on any atom is 0.251 e. The van der Waals surface area contributed by atoms with E-state index in [1.165, 1.54) is 0 Å². The Morgan fingerprint density at radius 1 is 1.12 bits per heavy atom. The summed E-state index contributed by atoms with van der Waals surface area (Å²) in [5, 5.41) is 12.1. The van der Waals surface area contributed by atoms with Crippen LogP contribution in [0.2, 0.25) is 0 Å². The number of aromatic nitrogens is 4. The highest BCUT2D eigenvalue weighted by Crippen LogP contribution is 2.19. The first-order chi connectivity index (χ1) is 11.8. The lowest BCUT2D eigenvalue weighted by atomic mass is 10.2. The van der Waals surface area contributed by atoms with Crippen LogP contribution < -0.4 is 4.90 Å². The van der Waals surface area contributed by atoms with Crippen LogP contribution in [0.25, 0.3) is 5.69 Å². The first-order valence-electron chi connectivity index (χ1n) is 8.32. The van der Waals surface area contributed by atoms with E-state index < -0.39 is 0 Å². The number of para-hydroxylation sites is 1. The standard InChI is InChI=1S/C16H20N6O2/c23-15(14-7-4-12-24-14)20-8-10-21(11-9-20)16-17-18-19-22(16)13-5-2-1-3-6-13/h1-3,5-6,14H,4,7-12H2/t14-/m0/s1. The Labute approximate surface area is 140 Å². The van der Waals surface area contributed by atoms with Gasteiger partial charge in [0.25, 0.3) is 5.91 Å². The largest absolute Gasteiger partial charge is 0.368 e. The second-order valence-electron chi connectivity index (χ2n) is 6.04. The van der Waals surface area contributed by atoms with E-state index in [2.05, 4.69) is 20.4 Å². The number of anilines is 1. The van der Waals surface area contributed by atoms with Crippen molar-refractivity contribution in [2.75, 3.05) is 37.7 Å². The van der Waals surface area contributed by atoms with Gasteiger partial charge in [-0.2, -0.15) is 4.68 Å². The number of nitrogens with zero attached hydrogens (tertiary/aromatic N) is 6. The van der Waals surface area contributed by atoms with Crippen molar-refractivity contribution in [3.63, 3.8) is 0 Å². The Morgan fingerprint density at radius 3 is 2.62 bits per heavy atom. The smallest absolute Gasteiger partial charge is 0.251 e. The Kier molecular flexibility index (Phi) is 4.12. The lowest BCUT2D eigenvalue weighted by Gasteiger charge is -2.35. The molecule has 0 radical (unpaired) electrons. The number of benzene rings is 1. The van der Waals surface area contributed by atoms with Crippen molar-refractivity contribution in [2.24, 2.45) is 0 Å². The number of rotatable bonds is 3. The molecule has 0 aliphatic carbocycles. The van der Waals surface area contributed by atoms with Gasteiger partial charge in [-0.1, -0.05) is 23.3 Å². The van der Waals surface area contributed by atoms with E-state index in [-0.39, 0.29) is 12.0 Å². The monoisotopic (exact) mass is 328 g/mol. The van der Waals surface area contributed by atoms with E-state index in [1.807, 2.05) is 35.2 Å². The molecule has 0 unspecified atom stereocenters. The summed E-state index contributed by atoms with van der Waals surface area (Å²) in [6.45, 7) is 3.46. The average molecular weight is 328 g/mol. The summed E-state index contributed by atoms with van der Waals surface area (Å²) in [4.78, 5) is 16.4. The van der Waals surface area contributed by atoms with Gasteiger partial charge in [0.1, 0.15) is 6.10 Å². The SMILES string of the molecule is O=C([C@@H]1CCCO1)N1CCN(c2nnnn2-c2ccccc2)CC1. The van der Waals surface area contributed by atoms with Crippen LogP contribution in [0.5, 0.6) is 0 Å². The minimum absolute atomic E-state index is 0.120. The summed E-state index contributed by atoms with van der Waals surface area (Å²) in [6.07, 6.45) is 1.57. The molecule has 8 nitrogen and oxygen atoms in total. The Balaban J connectivity index is 1.43. The fourth-order valence-corrected chi connectivity index (χ4v) is 3.22. The van der Waals surface area contributed by atoms with E-state index in [4.69, 9.17) is 4.74 Å². The van der Waals surface area contributed by atoms with Crippen molar-refractivity contribution in [3.05, 3.63) is 30.3 Å². The molecule has 3 heterocycles. The van der Waals surface area contributed by atoms with E-state index in [9.17, 15) is 4.79 Å². The molecular formula is C16H20N6O2. The molecule has 0 saturated carbocycles. The van der Waals surface area contributed by atoms with Gasteiger partial charge in [0, 0.05) is 32.8 Å². The van der Waals surface area contributed by atoms with E-state index in [1.54, 1.807) is 4.68 Å². The maximum atomic E-state index is 12.4. The predicted octanol–water partition coefficient (Wildman–Crippen LogP) is 0.490. The highest BCUT2D eigenvalue weighted by molar-refractivity contribution is 5.81. The van der Waals surface area contributed by atoms with Crippen molar-refractivity contribution in [3.8, 4) is 5.69 Å². The molecular weight excluding hydrogens is 308 g/mol. The van der Waals surface area contributed by atoms with E-state index in [0.717, 1.165) is 18.5 Å². The van der Waals surface area contributed by atoms with Gasteiger partial charge in [-0.15, -0.1) is 0 Å². The fourth-order valence-electron chi connectivity index (χ4n) is 3.22. The molecule has 0 spiro atoms. The van der Waals surface area contributed by atoms with E-state index in [0.29, 0.717) is 38.7 Å². The quantitative estimate of drug-likeness (QED) is 0.816. The zero-order valence-electron chi connectivity index (χ0n) is 13.4. The number of carbonyl (C=O) groups excluding carboxylic acids is 1. The normalized spacial score (nSPS) is 21.2. The summed E-state index contributed by atoms with van der Waals surface area (Å²) in [5.41, 5.74) is 0.926. The van der Waals surface area contributed by atoms with Gasteiger partial charge in [-0.3, -0.25) is 4.79 Å². The molecule has 2 aliphatic rings. The van der Waals surface area contributed by atoms with Crippen molar-refractivity contribution in [2.45, 2.75) is 18.9 Å². The number of hydrogen-bond donors (Lipinski definition) is 0. The molecule has 8 heteroatoms. The first-order valence-corrected chi connectivity index (χ1v) is 8.32. The van der Waals surface area contributed by atoms with E-state index >= 15 is 0 Å². The average Bonchev–Trinajstić information content (AvgIpc) is 3.34. The molecule has 2 fully saturated rings. The molecule has 24 heavy (non-hydrogen) atoms. The van der Waals surface area contributed by atoms with Gasteiger partial charge < -0.3 is 14.5 Å². The summed E-state index contributed by atoms with van der Waals surface area (Å²) >= 11 is 0. The highest BCUT2D eigenvalue weighted by Gasteiger charge is 2.31. The molecule has 2 aliphatic heterocycles. The lowest BCUT2D eigenvalue weighted by molar-refractivity contribution is -0.141. The van der Waals surface area contributed by atoms with Gasteiger partial charge in [-0.25, -0.2) is 0 Å². The Morgan fingerprint density at radius 2 is 1.92 bits per heavy atom. The zero-order chi connectivity index (χ0) is 16.4. The molecule has 2 saturated heterocycles. The van der Waals surface area contributed by atoms with Crippen LogP contribution in [0.1, 0.15) is 12.8 Å². The summed E-state index contributed by atoms with van der Waals surface area (Å²) < 4.78 is 7.24. The molecule has 1 atom stereocenters. The Hall–Kier alpha value is -2.48. The third-order valence-corrected chi connectivity index (χ3v) is 4.53. The van der Waals surface area contributed by atoms with Gasteiger partial charge in [0.05, 0.1) is 5.69 Å². The van der Waals surface area contributed by atoms with Crippen LogP contribution >= 0.6 is 0 Å². The lowest BCUT2D eigenvalue weighted by Crippen LogP contribution is -2.52. The number of amides is 1. The second-order valence-corrected chi connectivity index (χ2v) is 6.04. The fraction of sp³-hybridized carbons (Fsp3) is 0.500. The highest BCUT2D eigenvalue weighted by atomic mass is 16.5. The molecule has 1 aromatic heterocycles. The molecule has 0 N–H and O–H groups in total. The van der Waals surface area contributed by atoms with Gasteiger partial charge in [0.15, 0.2) is 0 Å². The number of ether oxygens (including phenoxy) is 1. The van der Waals surface area contributed by atoms with Crippen LogP contribution in [-0.4, -0.2) is 69.9 Å². The van der Waals surface area contributed by atoms with Crippen LogP contribution in [0.15, 0.2) is 30.3 Å². The minimum Gasteiger partial charge on any atom is -0.368 e. The number of piperazine rings is 1. The molecule has 4 rings (SSSR count). The summed E-state index contributed by atoms with van der Waals surface area (Å²) in [5.74, 6) is 0.834. The van der Waals surface area contributed by atoms with Crippen molar-refractivity contribution in [1.29, 1.82) is 0 Å². The van der Waals surface area contributed by atoms with Crippen LogP contribution in [0, 0.1) is 0 Å². The third kappa shape index (κ3) is 2.84. The molecule has 2 aromatic rings. The Bertz CT molecular complexity index is 690. The summed E-state index contributed by atoms with van der Waals surface area (Å²) in [7, 11) is 0. The first kappa shape index (κ1) is 15.1. The number of tetrazole rings is 1. The van der Waals surface area contributed by atoms with Gasteiger partial charge >= 0.3 is 0 Å². The second kappa shape index (κ2) is 6.56. The third-order valence-electron chi connectivity index (χ3n) is 4.53. The van der Waals surface area contributed by atoms with Gasteiger partial charge in [0.2, 0.25) is 5.95 Å². The predicted molar refractivity (Wildman–Crippen MR) is 86.9 cm³/mol. The van der Waals surface area contributed by atoms with Crippen molar-refractivity contribution in [1.82, 2.24) is 25.1 Å². The zero-order valence-corrected chi connectivity index (χ0v) is 13.4. The molecule has 0 bridgehead atoms. The number of hydrogen-bond acceptors (Lipinski definition) is 6. The van der Waals surface area contributed by atoms with Crippen LogP contribution in [0.4, 0.5) is 5.95 Å². The molecule has 1 amide bonds. The topological polar surface area (TPSA) is 76.4 Å². The van der Waals surface area contributed by atoms with Crippen LogP contribution in [0.3, 0.4) is 0 Å². The maximum absolute atomic E-state index is 12.4. The van der Waals surface area contributed by atoms with Crippen LogP contribution in [-0.2, 0) is 9.53 Å². The minimum atomic E-state index is -0.244. The van der Waals surface area contributed by atoms with Crippen molar-refractivity contribution < 1.29 is 9.53 Å². The van der Waals surface area contributed by atoms with Crippen molar-refractivity contribution >= 4 is 11.9 Å². The summed E-state index contributed by atoms with van der Waals surface area (Å²) in [6, 6.07) is 9.81. The number of carbonyl (C=O) groups is 1.